The molecule has 1 N–H and O–H groups in total. The lowest BCUT2D eigenvalue weighted by atomic mass is 9.83. The highest BCUT2D eigenvalue weighted by atomic mass is 16.6. The van der Waals surface area contributed by atoms with Crippen LogP contribution in [0.4, 0.5) is 0 Å². The molecule has 1 spiro atoms. The van der Waals surface area contributed by atoms with Crippen LogP contribution in [0.2, 0.25) is 0 Å². The van der Waals surface area contributed by atoms with E-state index in [0.717, 1.165) is 32.1 Å². The third-order valence-electron chi connectivity index (χ3n) is 3.98. The van der Waals surface area contributed by atoms with E-state index in [1.807, 2.05) is 0 Å². The highest BCUT2D eigenvalue weighted by Crippen LogP contribution is 2.40. The zero-order chi connectivity index (χ0) is 12.5. The molecule has 0 bridgehead atoms. The lowest BCUT2D eigenvalue weighted by molar-refractivity contribution is -0.100. The number of morpholine rings is 1. The molecule has 3 heteroatoms. The molecule has 2 rings (SSSR count). The van der Waals surface area contributed by atoms with Crippen molar-refractivity contribution in [3.8, 4) is 0 Å². The highest BCUT2D eigenvalue weighted by molar-refractivity contribution is 5.04. The maximum Gasteiger partial charge on any atom is 0.109 e. The summed E-state index contributed by atoms with van der Waals surface area (Å²) in [6, 6.07) is 0.459. The monoisotopic (exact) mass is 241 g/mol. The minimum Gasteiger partial charge on any atom is -0.372 e. The normalized spacial score (nSPS) is 36.9. The molecule has 0 aromatic carbocycles. The van der Waals surface area contributed by atoms with Crippen molar-refractivity contribution in [1.82, 2.24) is 5.32 Å². The Labute approximate surface area is 105 Å². The second-order valence-electron chi connectivity index (χ2n) is 6.62. The summed E-state index contributed by atoms with van der Waals surface area (Å²) in [7, 11) is 0. The van der Waals surface area contributed by atoms with Crippen molar-refractivity contribution in [1.29, 1.82) is 0 Å². The molecule has 0 aromatic heterocycles. The Hall–Kier alpha value is -0.120. The summed E-state index contributed by atoms with van der Waals surface area (Å²) in [5.41, 5.74) is -0.105. The number of ether oxygens (including phenoxy) is 2. The summed E-state index contributed by atoms with van der Waals surface area (Å²) in [4.78, 5) is 0. The lowest BCUT2D eigenvalue weighted by Crippen LogP contribution is -2.59. The van der Waals surface area contributed by atoms with E-state index in [1.54, 1.807) is 0 Å². The van der Waals surface area contributed by atoms with Crippen LogP contribution >= 0.6 is 0 Å². The summed E-state index contributed by atoms with van der Waals surface area (Å²) in [5, 5.41) is 3.64. The number of rotatable bonds is 3. The van der Waals surface area contributed by atoms with E-state index in [4.69, 9.17) is 9.47 Å². The van der Waals surface area contributed by atoms with Gasteiger partial charge in [0, 0.05) is 19.0 Å². The van der Waals surface area contributed by atoms with Crippen LogP contribution in [0.25, 0.3) is 0 Å². The van der Waals surface area contributed by atoms with Gasteiger partial charge in [-0.25, -0.2) is 0 Å². The minimum atomic E-state index is -0.0728. The quantitative estimate of drug-likeness (QED) is 0.822. The van der Waals surface area contributed by atoms with Crippen molar-refractivity contribution >= 4 is 0 Å². The molecular formula is C14H27NO2. The predicted molar refractivity (Wildman–Crippen MR) is 69.2 cm³/mol. The number of hydrogen-bond donors (Lipinski definition) is 1. The summed E-state index contributed by atoms with van der Waals surface area (Å²) in [6.07, 6.45) is 3.45. The van der Waals surface area contributed by atoms with E-state index >= 15 is 0 Å². The first-order valence-corrected chi connectivity index (χ1v) is 6.95. The summed E-state index contributed by atoms with van der Waals surface area (Å²) >= 11 is 0. The fourth-order valence-corrected chi connectivity index (χ4v) is 3.10. The van der Waals surface area contributed by atoms with Crippen LogP contribution in [0.5, 0.6) is 0 Å². The fourth-order valence-electron chi connectivity index (χ4n) is 3.10. The summed E-state index contributed by atoms with van der Waals surface area (Å²) in [6.45, 7) is 11.4. The molecule has 2 atom stereocenters. The van der Waals surface area contributed by atoms with Crippen molar-refractivity contribution in [2.45, 2.75) is 64.2 Å². The van der Waals surface area contributed by atoms with Gasteiger partial charge >= 0.3 is 0 Å². The maximum atomic E-state index is 6.12. The number of nitrogens with one attached hydrogen (secondary N) is 1. The van der Waals surface area contributed by atoms with E-state index in [9.17, 15) is 0 Å². The fraction of sp³-hybridized carbons (Fsp3) is 1.00. The van der Waals surface area contributed by atoms with Gasteiger partial charge in [-0.3, -0.25) is 0 Å². The van der Waals surface area contributed by atoms with Gasteiger partial charge in [0.25, 0.3) is 0 Å². The Bertz CT molecular complexity index is 265. The zero-order valence-corrected chi connectivity index (χ0v) is 11.7. The van der Waals surface area contributed by atoms with Gasteiger partial charge in [0.1, 0.15) is 5.60 Å². The molecule has 17 heavy (non-hydrogen) atoms. The Morgan fingerprint density at radius 1 is 1.29 bits per heavy atom. The molecule has 0 saturated carbocycles. The Morgan fingerprint density at radius 2 is 2.06 bits per heavy atom. The molecule has 2 saturated heterocycles. The molecule has 0 aliphatic carbocycles. The molecule has 2 aliphatic rings. The van der Waals surface area contributed by atoms with Crippen molar-refractivity contribution in [3.05, 3.63) is 0 Å². The van der Waals surface area contributed by atoms with Crippen LogP contribution in [0, 0.1) is 5.92 Å². The van der Waals surface area contributed by atoms with Crippen LogP contribution in [0.15, 0.2) is 0 Å². The predicted octanol–water partition coefficient (Wildman–Crippen LogP) is 2.35. The standard InChI is InChI=1S/C14H27NO2/c1-11(2)5-6-12-14(16-8-7-15-12)9-13(3,4)17-10-14/h11-12,15H,5-10H2,1-4H3. The topological polar surface area (TPSA) is 30.5 Å². The van der Waals surface area contributed by atoms with Gasteiger partial charge in [0.2, 0.25) is 0 Å². The first-order valence-electron chi connectivity index (χ1n) is 6.95. The Balaban J connectivity index is 2.02. The van der Waals surface area contributed by atoms with E-state index in [1.165, 1.54) is 12.8 Å². The van der Waals surface area contributed by atoms with Crippen LogP contribution in [0.1, 0.15) is 47.0 Å². The third kappa shape index (κ3) is 3.01. The molecule has 3 nitrogen and oxygen atoms in total. The van der Waals surface area contributed by atoms with Gasteiger partial charge in [-0.1, -0.05) is 13.8 Å². The second kappa shape index (κ2) is 4.87. The van der Waals surface area contributed by atoms with Gasteiger partial charge in [-0.15, -0.1) is 0 Å². The van der Waals surface area contributed by atoms with Crippen LogP contribution in [-0.2, 0) is 9.47 Å². The van der Waals surface area contributed by atoms with Crippen LogP contribution < -0.4 is 5.32 Å². The molecule has 0 aromatic rings. The van der Waals surface area contributed by atoms with Gasteiger partial charge in [-0.05, 0) is 32.6 Å². The van der Waals surface area contributed by atoms with Crippen molar-refractivity contribution in [2.24, 2.45) is 5.92 Å². The molecular weight excluding hydrogens is 214 g/mol. The second-order valence-corrected chi connectivity index (χ2v) is 6.62. The van der Waals surface area contributed by atoms with Crippen LogP contribution in [-0.4, -0.2) is 37.0 Å². The van der Waals surface area contributed by atoms with E-state index in [-0.39, 0.29) is 11.2 Å². The van der Waals surface area contributed by atoms with E-state index < -0.39 is 0 Å². The van der Waals surface area contributed by atoms with E-state index in [2.05, 4.69) is 33.0 Å². The molecule has 2 heterocycles. The lowest BCUT2D eigenvalue weighted by Gasteiger charge is -2.41. The molecule has 0 radical (unpaired) electrons. The Morgan fingerprint density at radius 3 is 2.65 bits per heavy atom. The van der Waals surface area contributed by atoms with E-state index in [0.29, 0.717) is 6.04 Å². The van der Waals surface area contributed by atoms with Crippen molar-refractivity contribution in [3.63, 3.8) is 0 Å². The minimum absolute atomic E-state index is 0.0326. The van der Waals surface area contributed by atoms with Crippen LogP contribution in [0.3, 0.4) is 0 Å². The molecule has 0 amide bonds. The first kappa shape index (κ1) is 13.3. The summed E-state index contributed by atoms with van der Waals surface area (Å²) in [5.74, 6) is 0.756. The Kier molecular flexibility index (Phi) is 3.81. The van der Waals surface area contributed by atoms with Gasteiger partial charge in [0.15, 0.2) is 0 Å². The average molecular weight is 241 g/mol. The van der Waals surface area contributed by atoms with Gasteiger partial charge in [-0.2, -0.15) is 0 Å². The largest absolute Gasteiger partial charge is 0.372 e. The SMILES string of the molecule is CC(C)CCC1NCCOC12COC(C)(C)C2. The highest BCUT2D eigenvalue weighted by Gasteiger charge is 2.51. The average Bonchev–Trinajstić information content (AvgIpc) is 2.54. The maximum absolute atomic E-state index is 6.12. The first-order chi connectivity index (χ1) is 7.94. The molecule has 2 fully saturated rings. The molecule has 2 aliphatic heterocycles. The van der Waals surface area contributed by atoms with Crippen molar-refractivity contribution < 1.29 is 9.47 Å². The van der Waals surface area contributed by atoms with Crippen molar-refractivity contribution in [2.75, 3.05) is 19.8 Å². The third-order valence-corrected chi connectivity index (χ3v) is 3.98. The number of hydrogen-bond acceptors (Lipinski definition) is 3. The smallest absolute Gasteiger partial charge is 0.109 e. The molecule has 2 unspecified atom stereocenters. The molecule has 100 valence electrons. The zero-order valence-electron chi connectivity index (χ0n) is 11.7. The van der Waals surface area contributed by atoms with Gasteiger partial charge in [0.05, 0.1) is 18.8 Å². The van der Waals surface area contributed by atoms with Gasteiger partial charge < -0.3 is 14.8 Å². The summed E-state index contributed by atoms with van der Waals surface area (Å²) < 4.78 is 12.0.